The Labute approximate surface area is 96.0 Å². The van der Waals surface area contributed by atoms with Gasteiger partial charge in [0.25, 0.3) is 0 Å². The highest BCUT2D eigenvalue weighted by Gasteiger charge is 2.08. The molecule has 0 radical (unpaired) electrons. The van der Waals surface area contributed by atoms with Gasteiger partial charge < -0.3 is 20.3 Å². The number of nitrogen functional groups attached to an aromatic ring is 1. The Morgan fingerprint density at radius 2 is 2.12 bits per heavy atom. The van der Waals surface area contributed by atoms with Gasteiger partial charge in [0.2, 0.25) is 0 Å². The molecule has 4 heteroatoms. The summed E-state index contributed by atoms with van der Waals surface area (Å²) in [7, 11) is 1.56. The van der Waals surface area contributed by atoms with Crippen molar-refractivity contribution in [3.8, 4) is 11.5 Å². The molecule has 1 aromatic carbocycles. The van der Waals surface area contributed by atoms with E-state index in [-0.39, 0.29) is 6.61 Å². The highest BCUT2D eigenvalue weighted by Crippen LogP contribution is 2.29. The number of hydrogen-bond acceptors (Lipinski definition) is 4. The Hall–Kier alpha value is -1.42. The number of anilines is 1. The molecule has 16 heavy (non-hydrogen) atoms. The molecule has 90 valence electrons. The minimum Gasteiger partial charge on any atom is -0.493 e. The summed E-state index contributed by atoms with van der Waals surface area (Å²) in [6.45, 7) is 2.29. The zero-order chi connectivity index (χ0) is 12.0. The average Bonchev–Trinajstić information content (AvgIpc) is 2.27. The maximum Gasteiger partial charge on any atom is 0.162 e. The number of methoxy groups -OCH3 is 1. The number of hydrogen-bond donors (Lipinski definition) is 2. The predicted molar refractivity (Wildman–Crippen MR) is 63.8 cm³/mol. The lowest BCUT2D eigenvalue weighted by Gasteiger charge is -2.14. The van der Waals surface area contributed by atoms with Crippen LogP contribution in [0.3, 0.4) is 0 Å². The van der Waals surface area contributed by atoms with Gasteiger partial charge in [-0.1, -0.05) is 13.3 Å². The van der Waals surface area contributed by atoms with Crippen LogP contribution in [0, 0.1) is 0 Å². The molecule has 0 amide bonds. The van der Waals surface area contributed by atoms with Crippen LogP contribution in [0.5, 0.6) is 11.5 Å². The molecule has 0 saturated heterocycles. The Kier molecular flexibility index (Phi) is 4.92. The first kappa shape index (κ1) is 12.6. The monoisotopic (exact) mass is 225 g/mol. The summed E-state index contributed by atoms with van der Waals surface area (Å²) in [4.78, 5) is 0. The van der Waals surface area contributed by atoms with Gasteiger partial charge in [0.05, 0.1) is 13.2 Å². The summed E-state index contributed by atoms with van der Waals surface area (Å²) in [6.07, 6.45) is 1.23. The third-order valence-electron chi connectivity index (χ3n) is 2.24. The van der Waals surface area contributed by atoms with Crippen molar-refractivity contribution >= 4 is 5.69 Å². The van der Waals surface area contributed by atoms with Crippen LogP contribution in [0.15, 0.2) is 18.2 Å². The van der Waals surface area contributed by atoms with Crippen molar-refractivity contribution < 1.29 is 14.6 Å². The molecule has 1 rings (SSSR count). The number of benzene rings is 1. The molecule has 0 saturated carbocycles. The van der Waals surface area contributed by atoms with E-state index in [0.717, 1.165) is 12.8 Å². The van der Waals surface area contributed by atoms with Crippen molar-refractivity contribution in [1.29, 1.82) is 0 Å². The standard InChI is InChI=1S/C12H19NO3/c1-3-4-10(14)8-16-11-6-5-9(13)7-12(11)15-2/h5-7,10,14H,3-4,8,13H2,1-2H3. The van der Waals surface area contributed by atoms with Crippen molar-refractivity contribution in [1.82, 2.24) is 0 Å². The van der Waals surface area contributed by atoms with E-state index in [1.807, 2.05) is 6.92 Å². The van der Waals surface area contributed by atoms with Gasteiger partial charge >= 0.3 is 0 Å². The van der Waals surface area contributed by atoms with Crippen LogP contribution >= 0.6 is 0 Å². The SMILES string of the molecule is CCCC(O)COc1ccc(N)cc1OC. The molecular weight excluding hydrogens is 206 g/mol. The van der Waals surface area contributed by atoms with E-state index in [0.29, 0.717) is 17.2 Å². The van der Waals surface area contributed by atoms with E-state index in [1.54, 1.807) is 25.3 Å². The number of nitrogens with two attached hydrogens (primary N) is 1. The van der Waals surface area contributed by atoms with Crippen molar-refractivity contribution in [3.63, 3.8) is 0 Å². The molecule has 3 N–H and O–H groups in total. The van der Waals surface area contributed by atoms with Gasteiger partial charge in [-0.25, -0.2) is 0 Å². The molecular formula is C12H19NO3. The van der Waals surface area contributed by atoms with Gasteiger partial charge in [-0.3, -0.25) is 0 Å². The van der Waals surface area contributed by atoms with Crippen molar-refractivity contribution in [2.75, 3.05) is 19.5 Å². The van der Waals surface area contributed by atoms with Crippen LogP contribution in [0.4, 0.5) is 5.69 Å². The van der Waals surface area contributed by atoms with E-state index >= 15 is 0 Å². The van der Waals surface area contributed by atoms with E-state index < -0.39 is 6.10 Å². The first-order valence-corrected chi connectivity index (χ1v) is 5.41. The van der Waals surface area contributed by atoms with Gasteiger partial charge in [-0.15, -0.1) is 0 Å². The summed E-state index contributed by atoms with van der Waals surface area (Å²) in [6, 6.07) is 5.18. The highest BCUT2D eigenvalue weighted by molar-refractivity contribution is 5.51. The lowest BCUT2D eigenvalue weighted by atomic mass is 10.2. The smallest absolute Gasteiger partial charge is 0.162 e. The Morgan fingerprint density at radius 3 is 2.75 bits per heavy atom. The number of aliphatic hydroxyl groups is 1. The molecule has 4 nitrogen and oxygen atoms in total. The fourth-order valence-electron chi connectivity index (χ4n) is 1.41. The van der Waals surface area contributed by atoms with Gasteiger partial charge in [0.15, 0.2) is 11.5 Å². The van der Waals surface area contributed by atoms with Crippen LogP contribution in [0.2, 0.25) is 0 Å². The van der Waals surface area contributed by atoms with Crippen LogP contribution in [-0.4, -0.2) is 24.9 Å². The lowest BCUT2D eigenvalue weighted by Crippen LogP contribution is -2.17. The molecule has 0 aliphatic rings. The van der Waals surface area contributed by atoms with Crippen LogP contribution < -0.4 is 15.2 Å². The Balaban J connectivity index is 2.59. The maximum absolute atomic E-state index is 9.54. The van der Waals surface area contributed by atoms with Crippen LogP contribution in [0.25, 0.3) is 0 Å². The molecule has 0 heterocycles. The zero-order valence-electron chi connectivity index (χ0n) is 9.77. The summed E-state index contributed by atoms with van der Waals surface area (Å²) < 4.78 is 10.6. The van der Waals surface area contributed by atoms with Gasteiger partial charge in [0, 0.05) is 11.8 Å². The van der Waals surface area contributed by atoms with Gasteiger partial charge in [-0.2, -0.15) is 0 Å². The van der Waals surface area contributed by atoms with Crippen molar-refractivity contribution in [2.24, 2.45) is 0 Å². The predicted octanol–water partition coefficient (Wildman–Crippen LogP) is 1.82. The van der Waals surface area contributed by atoms with E-state index in [2.05, 4.69) is 0 Å². The van der Waals surface area contributed by atoms with E-state index in [1.165, 1.54) is 0 Å². The third-order valence-corrected chi connectivity index (χ3v) is 2.24. The summed E-state index contributed by atoms with van der Waals surface area (Å²) in [5.74, 6) is 1.19. The quantitative estimate of drug-likeness (QED) is 0.725. The van der Waals surface area contributed by atoms with Crippen molar-refractivity contribution in [3.05, 3.63) is 18.2 Å². The maximum atomic E-state index is 9.54. The highest BCUT2D eigenvalue weighted by atomic mass is 16.5. The zero-order valence-corrected chi connectivity index (χ0v) is 9.77. The fourth-order valence-corrected chi connectivity index (χ4v) is 1.41. The minimum absolute atomic E-state index is 0.272. The molecule has 1 atom stereocenters. The molecule has 1 unspecified atom stereocenters. The number of rotatable bonds is 6. The summed E-state index contributed by atoms with van der Waals surface area (Å²) >= 11 is 0. The Morgan fingerprint density at radius 1 is 1.38 bits per heavy atom. The third kappa shape index (κ3) is 3.62. The molecule has 1 aromatic rings. The summed E-state index contributed by atoms with van der Waals surface area (Å²) in [5, 5.41) is 9.54. The van der Waals surface area contributed by atoms with Gasteiger partial charge in [-0.05, 0) is 18.6 Å². The largest absolute Gasteiger partial charge is 0.493 e. The Bertz CT molecular complexity index is 328. The molecule has 0 aliphatic carbocycles. The lowest BCUT2D eigenvalue weighted by molar-refractivity contribution is 0.0977. The molecule has 0 spiro atoms. The first-order valence-electron chi connectivity index (χ1n) is 5.41. The van der Waals surface area contributed by atoms with Crippen LogP contribution in [0.1, 0.15) is 19.8 Å². The second-order valence-corrected chi connectivity index (χ2v) is 3.66. The fraction of sp³-hybridized carbons (Fsp3) is 0.500. The summed E-state index contributed by atoms with van der Waals surface area (Å²) in [5.41, 5.74) is 6.25. The molecule has 0 aliphatic heterocycles. The van der Waals surface area contributed by atoms with E-state index in [9.17, 15) is 5.11 Å². The second-order valence-electron chi connectivity index (χ2n) is 3.66. The van der Waals surface area contributed by atoms with Crippen LogP contribution in [-0.2, 0) is 0 Å². The number of ether oxygens (including phenoxy) is 2. The first-order chi connectivity index (χ1) is 7.67. The van der Waals surface area contributed by atoms with Crippen molar-refractivity contribution in [2.45, 2.75) is 25.9 Å². The molecule has 0 bridgehead atoms. The number of aliphatic hydroxyl groups excluding tert-OH is 1. The molecule has 0 aromatic heterocycles. The minimum atomic E-state index is -0.438. The average molecular weight is 225 g/mol. The normalized spacial score (nSPS) is 12.2. The second kappa shape index (κ2) is 6.23. The van der Waals surface area contributed by atoms with Gasteiger partial charge in [0.1, 0.15) is 6.61 Å². The topological polar surface area (TPSA) is 64.7 Å². The van der Waals surface area contributed by atoms with E-state index in [4.69, 9.17) is 15.2 Å². The molecule has 0 fully saturated rings.